The fraction of sp³-hybridized carbons (Fsp3) is 0.438. The minimum atomic E-state index is -0.826. The minimum Gasteiger partial charge on any atom is -0.481 e. The van der Waals surface area contributed by atoms with Crippen molar-refractivity contribution in [3.63, 3.8) is 0 Å². The number of rotatable bonds is 5. The third-order valence-electron chi connectivity index (χ3n) is 3.86. The van der Waals surface area contributed by atoms with Crippen molar-refractivity contribution in [1.29, 1.82) is 5.26 Å². The van der Waals surface area contributed by atoms with Gasteiger partial charge in [0.2, 0.25) is 5.91 Å². The summed E-state index contributed by atoms with van der Waals surface area (Å²) < 4.78 is 0. The van der Waals surface area contributed by atoms with E-state index in [0.717, 1.165) is 5.56 Å². The zero-order valence-electron chi connectivity index (χ0n) is 12.4. The number of carboxylic acids is 1. The number of amides is 1. The molecule has 0 saturated carbocycles. The second-order valence-electron chi connectivity index (χ2n) is 5.52. The highest BCUT2D eigenvalue weighted by Crippen LogP contribution is 2.24. The van der Waals surface area contributed by atoms with Gasteiger partial charge in [-0.2, -0.15) is 5.26 Å². The van der Waals surface area contributed by atoms with Crippen LogP contribution >= 0.6 is 11.8 Å². The van der Waals surface area contributed by atoms with Crippen LogP contribution in [-0.2, 0) is 15.3 Å². The first-order valence-electron chi connectivity index (χ1n) is 7.08. The standard InChI is InChI=1S/C16H18N2O3S/c1-11-7-18(8-14(11)16(20)21)15(19)10-22-9-13-4-2-12(6-17)3-5-13/h2-5,11,14H,7-10H2,1H3,(H,20,21)/t11-,14-/m1/s1. The van der Waals surface area contributed by atoms with Gasteiger partial charge in [0.05, 0.1) is 23.3 Å². The summed E-state index contributed by atoms with van der Waals surface area (Å²) in [5.74, 6) is -0.234. The predicted molar refractivity (Wildman–Crippen MR) is 84.2 cm³/mol. The highest BCUT2D eigenvalue weighted by atomic mass is 32.2. The van der Waals surface area contributed by atoms with Gasteiger partial charge in [0.15, 0.2) is 0 Å². The monoisotopic (exact) mass is 318 g/mol. The number of likely N-dealkylation sites (tertiary alicyclic amines) is 1. The van der Waals surface area contributed by atoms with Crippen LogP contribution in [0.1, 0.15) is 18.1 Å². The maximum atomic E-state index is 12.1. The van der Waals surface area contributed by atoms with Crippen LogP contribution in [0.3, 0.4) is 0 Å². The summed E-state index contributed by atoms with van der Waals surface area (Å²) in [5, 5.41) is 17.8. The van der Waals surface area contributed by atoms with E-state index in [1.807, 2.05) is 19.1 Å². The minimum absolute atomic E-state index is 0.00461. The molecule has 1 aromatic rings. The molecule has 1 fully saturated rings. The van der Waals surface area contributed by atoms with E-state index < -0.39 is 11.9 Å². The van der Waals surface area contributed by atoms with Crippen molar-refractivity contribution in [3.8, 4) is 6.07 Å². The maximum Gasteiger partial charge on any atom is 0.308 e. The van der Waals surface area contributed by atoms with Crippen LogP contribution in [0.2, 0.25) is 0 Å². The van der Waals surface area contributed by atoms with E-state index in [1.54, 1.807) is 17.0 Å². The Hall–Kier alpha value is -2.00. The molecule has 0 unspecified atom stereocenters. The van der Waals surface area contributed by atoms with Gasteiger partial charge in [-0.25, -0.2) is 0 Å². The highest BCUT2D eigenvalue weighted by Gasteiger charge is 2.36. The Morgan fingerprint density at radius 1 is 1.36 bits per heavy atom. The number of carbonyl (C=O) groups excluding carboxylic acids is 1. The topological polar surface area (TPSA) is 81.4 Å². The summed E-state index contributed by atoms with van der Waals surface area (Å²) in [6, 6.07) is 9.36. The number of carbonyl (C=O) groups is 2. The quantitative estimate of drug-likeness (QED) is 0.897. The summed E-state index contributed by atoms with van der Waals surface area (Å²) >= 11 is 1.50. The van der Waals surface area contributed by atoms with E-state index in [2.05, 4.69) is 6.07 Å². The summed E-state index contributed by atoms with van der Waals surface area (Å²) in [5.41, 5.74) is 1.69. The molecule has 1 N–H and O–H groups in total. The molecule has 22 heavy (non-hydrogen) atoms. The molecule has 2 rings (SSSR count). The third kappa shape index (κ3) is 4.01. The average molecular weight is 318 g/mol. The van der Waals surface area contributed by atoms with Gasteiger partial charge in [-0.15, -0.1) is 11.8 Å². The summed E-state index contributed by atoms with van der Waals surface area (Å²) in [6.45, 7) is 2.70. The first-order chi connectivity index (χ1) is 10.5. The van der Waals surface area contributed by atoms with Crippen molar-refractivity contribution in [1.82, 2.24) is 4.90 Å². The Bertz CT molecular complexity index is 594. The van der Waals surface area contributed by atoms with Crippen LogP contribution < -0.4 is 0 Å². The van der Waals surface area contributed by atoms with Gasteiger partial charge in [0.1, 0.15) is 0 Å². The number of hydrogen-bond acceptors (Lipinski definition) is 4. The molecule has 1 amide bonds. The van der Waals surface area contributed by atoms with Gasteiger partial charge in [-0.05, 0) is 23.6 Å². The lowest BCUT2D eigenvalue weighted by molar-refractivity contribution is -0.142. The van der Waals surface area contributed by atoms with Gasteiger partial charge in [-0.1, -0.05) is 19.1 Å². The number of nitrogens with zero attached hydrogens (tertiary/aromatic N) is 2. The Morgan fingerprint density at radius 2 is 2.05 bits per heavy atom. The zero-order valence-corrected chi connectivity index (χ0v) is 13.2. The van der Waals surface area contributed by atoms with Crippen molar-refractivity contribution in [2.45, 2.75) is 12.7 Å². The molecule has 1 aliphatic heterocycles. The first-order valence-corrected chi connectivity index (χ1v) is 8.24. The molecular weight excluding hydrogens is 300 g/mol. The number of carboxylic acid groups (broad SMARTS) is 1. The average Bonchev–Trinajstić information content (AvgIpc) is 2.90. The first kappa shape index (κ1) is 16.4. The van der Waals surface area contributed by atoms with Crippen LogP contribution in [0.25, 0.3) is 0 Å². The lowest BCUT2D eigenvalue weighted by Crippen LogP contribution is -2.31. The molecule has 116 valence electrons. The van der Waals surface area contributed by atoms with Gasteiger partial charge in [0.25, 0.3) is 0 Å². The number of hydrogen-bond donors (Lipinski definition) is 1. The van der Waals surface area contributed by atoms with Crippen molar-refractivity contribution in [3.05, 3.63) is 35.4 Å². The fourth-order valence-electron chi connectivity index (χ4n) is 2.51. The van der Waals surface area contributed by atoms with Crippen LogP contribution in [0.4, 0.5) is 0 Å². The van der Waals surface area contributed by atoms with Crippen LogP contribution in [-0.4, -0.2) is 40.7 Å². The third-order valence-corrected chi connectivity index (χ3v) is 4.85. The maximum absolute atomic E-state index is 12.1. The zero-order chi connectivity index (χ0) is 16.1. The molecule has 0 aromatic heterocycles. The van der Waals surface area contributed by atoms with Gasteiger partial charge in [-0.3, -0.25) is 9.59 Å². The second-order valence-corrected chi connectivity index (χ2v) is 6.51. The Kier molecular flexibility index (Phi) is 5.45. The molecule has 0 radical (unpaired) electrons. The summed E-state index contributed by atoms with van der Waals surface area (Å²) in [6.07, 6.45) is 0. The fourth-order valence-corrected chi connectivity index (χ4v) is 3.40. The Balaban J connectivity index is 1.78. The normalized spacial score (nSPS) is 20.6. The van der Waals surface area contributed by atoms with Crippen molar-refractivity contribution in [2.24, 2.45) is 11.8 Å². The highest BCUT2D eigenvalue weighted by molar-refractivity contribution is 7.99. The molecule has 1 saturated heterocycles. The number of benzene rings is 1. The molecule has 2 atom stereocenters. The van der Waals surface area contributed by atoms with E-state index in [9.17, 15) is 9.59 Å². The van der Waals surface area contributed by atoms with Crippen molar-refractivity contribution >= 4 is 23.6 Å². The van der Waals surface area contributed by atoms with Gasteiger partial charge >= 0.3 is 5.97 Å². The summed E-state index contributed by atoms with van der Waals surface area (Å²) in [4.78, 5) is 24.8. The van der Waals surface area contributed by atoms with Gasteiger partial charge in [0, 0.05) is 18.8 Å². The lowest BCUT2D eigenvalue weighted by Gasteiger charge is -2.15. The van der Waals surface area contributed by atoms with Crippen molar-refractivity contribution in [2.75, 3.05) is 18.8 Å². The molecule has 1 aromatic carbocycles. The Labute approximate surface area is 133 Å². The van der Waals surface area contributed by atoms with Crippen LogP contribution in [0.5, 0.6) is 0 Å². The van der Waals surface area contributed by atoms with E-state index in [0.29, 0.717) is 30.2 Å². The van der Waals surface area contributed by atoms with Gasteiger partial charge < -0.3 is 10.0 Å². The van der Waals surface area contributed by atoms with E-state index >= 15 is 0 Å². The van der Waals surface area contributed by atoms with E-state index in [4.69, 9.17) is 10.4 Å². The van der Waals surface area contributed by atoms with Crippen LogP contribution in [0.15, 0.2) is 24.3 Å². The molecule has 0 spiro atoms. The predicted octanol–water partition coefficient (Wildman–Crippen LogP) is 1.97. The smallest absolute Gasteiger partial charge is 0.308 e. The number of nitriles is 1. The van der Waals surface area contributed by atoms with E-state index in [1.165, 1.54) is 11.8 Å². The molecule has 6 heteroatoms. The number of thioether (sulfide) groups is 1. The largest absolute Gasteiger partial charge is 0.481 e. The SMILES string of the molecule is C[C@@H]1CN(C(=O)CSCc2ccc(C#N)cc2)C[C@H]1C(=O)O. The molecule has 1 aliphatic rings. The molecule has 0 bridgehead atoms. The lowest BCUT2D eigenvalue weighted by atomic mass is 9.99. The number of aliphatic carboxylic acids is 1. The molecular formula is C16H18N2O3S. The van der Waals surface area contributed by atoms with E-state index in [-0.39, 0.29) is 11.8 Å². The molecule has 0 aliphatic carbocycles. The summed E-state index contributed by atoms with van der Waals surface area (Å²) in [7, 11) is 0. The molecule has 5 nitrogen and oxygen atoms in total. The Morgan fingerprint density at radius 3 is 2.59 bits per heavy atom. The van der Waals surface area contributed by atoms with Crippen molar-refractivity contribution < 1.29 is 14.7 Å². The second kappa shape index (κ2) is 7.32. The van der Waals surface area contributed by atoms with Crippen LogP contribution in [0, 0.1) is 23.2 Å². The molecule has 1 heterocycles.